The van der Waals surface area contributed by atoms with Crippen LogP contribution in [0, 0.1) is 5.92 Å². The van der Waals surface area contributed by atoms with E-state index in [1.54, 1.807) is 0 Å². The number of halogens is 1. The smallest absolute Gasteiger partial charge is 0.191 e. The molecule has 0 fully saturated rings. The van der Waals surface area contributed by atoms with Gasteiger partial charge in [0.05, 0.1) is 0 Å². The molecule has 2 N–H and O–H groups in total. The average molecular weight is 435 g/mol. The van der Waals surface area contributed by atoms with Crippen LogP contribution in [0.5, 0.6) is 0 Å². The zero-order chi connectivity index (χ0) is 16.2. The van der Waals surface area contributed by atoms with Crippen molar-refractivity contribution in [3.8, 4) is 0 Å². The van der Waals surface area contributed by atoms with E-state index in [9.17, 15) is 0 Å². The van der Waals surface area contributed by atoms with Crippen molar-refractivity contribution in [2.45, 2.75) is 66.0 Å². The highest BCUT2D eigenvalue weighted by molar-refractivity contribution is 14.0. The van der Waals surface area contributed by atoms with Crippen molar-refractivity contribution in [1.29, 1.82) is 0 Å². The molecule has 0 radical (unpaired) electrons. The van der Waals surface area contributed by atoms with E-state index in [1.165, 1.54) is 25.7 Å². The molecule has 6 heteroatoms. The Hall–Kier alpha value is -0.790. The standard InChI is InChI=1S/C17H33N5.HI/c1-5-7-8-10-16(4)21-17(18-6-2)19-13-15(3)14-22-12-9-11-20-22;/h9,11-12,15-16H,5-8,10,13-14H2,1-4H3,(H2,18,19,21);1H. The summed E-state index contributed by atoms with van der Waals surface area (Å²) < 4.78 is 1.97. The van der Waals surface area contributed by atoms with Crippen molar-refractivity contribution in [3.63, 3.8) is 0 Å². The average Bonchev–Trinajstić information content (AvgIpc) is 2.98. The second kappa shape index (κ2) is 13.6. The zero-order valence-electron chi connectivity index (χ0n) is 15.1. The molecular formula is C17H34IN5. The molecule has 1 aromatic rings. The molecule has 0 saturated heterocycles. The predicted molar refractivity (Wildman–Crippen MR) is 110 cm³/mol. The van der Waals surface area contributed by atoms with Gasteiger partial charge in [-0.1, -0.05) is 33.1 Å². The van der Waals surface area contributed by atoms with Crippen molar-refractivity contribution in [2.75, 3.05) is 13.1 Å². The lowest BCUT2D eigenvalue weighted by Crippen LogP contribution is -2.42. The van der Waals surface area contributed by atoms with Crippen LogP contribution >= 0.6 is 24.0 Å². The number of unbranched alkanes of at least 4 members (excludes halogenated alkanes) is 2. The topological polar surface area (TPSA) is 54.2 Å². The molecule has 0 spiro atoms. The number of guanidine groups is 1. The van der Waals surface area contributed by atoms with Gasteiger partial charge in [0.25, 0.3) is 0 Å². The van der Waals surface area contributed by atoms with Crippen LogP contribution in [0.2, 0.25) is 0 Å². The lowest BCUT2D eigenvalue weighted by molar-refractivity contribution is 0.457. The highest BCUT2D eigenvalue weighted by atomic mass is 127. The SMILES string of the molecule is CCCCCC(C)NC(=NCC(C)Cn1cccn1)NCC.I. The summed E-state index contributed by atoms with van der Waals surface area (Å²) >= 11 is 0. The van der Waals surface area contributed by atoms with Crippen molar-refractivity contribution in [3.05, 3.63) is 18.5 Å². The van der Waals surface area contributed by atoms with Crippen LogP contribution in [0.3, 0.4) is 0 Å². The normalized spacial score (nSPS) is 14.0. The van der Waals surface area contributed by atoms with Gasteiger partial charge in [-0.3, -0.25) is 9.67 Å². The fourth-order valence-corrected chi connectivity index (χ4v) is 2.36. The maximum absolute atomic E-state index is 4.72. The number of aromatic nitrogens is 2. The van der Waals surface area contributed by atoms with Crippen LogP contribution in [-0.2, 0) is 6.54 Å². The van der Waals surface area contributed by atoms with E-state index in [1.807, 2.05) is 23.1 Å². The molecule has 0 aliphatic carbocycles. The first-order chi connectivity index (χ1) is 10.7. The summed E-state index contributed by atoms with van der Waals surface area (Å²) in [7, 11) is 0. The van der Waals surface area contributed by atoms with Gasteiger partial charge in [-0.05, 0) is 32.3 Å². The lowest BCUT2D eigenvalue weighted by atomic mass is 10.1. The summed E-state index contributed by atoms with van der Waals surface area (Å²) in [4.78, 5) is 4.72. The third-order valence-electron chi connectivity index (χ3n) is 3.59. The molecule has 2 atom stereocenters. The van der Waals surface area contributed by atoms with E-state index < -0.39 is 0 Å². The highest BCUT2D eigenvalue weighted by Crippen LogP contribution is 2.03. The van der Waals surface area contributed by atoms with Gasteiger partial charge in [-0.2, -0.15) is 5.10 Å². The van der Waals surface area contributed by atoms with Crippen molar-refractivity contribution >= 4 is 29.9 Å². The largest absolute Gasteiger partial charge is 0.357 e. The molecule has 0 amide bonds. The number of hydrogen-bond acceptors (Lipinski definition) is 2. The number of rotatable bonds is 10. The van der Waals surface area contributed by atoms with Gasteiger partial charge in [0.1, 0.15) is 0 Å². The van der Waals surface area contributed by atoms with Gasteiger partial charge in [-0.15, -0.1) is 24.0 Å². The number of aliphatic imine (C=N–C) groups is 1. The van der Waals surface area contributed by atoms with E-state index in [0.717, 1.165) is 25.6 Å². The molecule has 0 saturated carbocycles. The van der Waals surface area contributed by atoms with E-state index in [4.69, 9.17) is 4.99 Å². The number of hydrogen-bond donors (Lipinski definition) is 2. The molecule has 134 valence electrons. The fourth-order valence-electron chi connectivity index (χ4n) is 2.36. The van der Waals surface area contributed by atoms with E-state index in [-0.39, 0.29) is 24.0 Å². The molecule has 1 aromatic heterocycles. The number of nitrogens with one attached hydrogen (secondary N) is 2. The highest BCUT2D eigenvalue weighted by Gasteiger charge is 2.07. The summed E-state index contributed by atoms with van der Waals surface area (Å²) in [6.45, 7) is 11.4. The van der Waals surface area contributed by atoms with Crippen LogP contribution in [-0.4, -0.2) is 34.9 Å². The first kappa shape index (κ1) is 22.2. The lowest BCUT2D eigenvalue weighted by Gasteiger charge is -2.18. The van der Waals surface area contributed by atoms with Crippen LogP contribution in [0.15, 0.2) is 23.5 Å². The number of nitrogens with zero attached hydrogens (tertiary/aromatic N) is 3. The molecule has 0 bridgehead atoms. The van der Waals surface area contributed by atoms with Crippen LogP contribution in [0.1, 0.15) is 53.4 Å². The molecule has 0 aliphatic rings. The van der Waals surface area contributed by atoms with Crippen molar-refractivity contribution in [2.24, 2.45) is 10.9 Å². The molecular weight excluding hydrogens is 401 g/mol. The molecule has 23 heavy (non-hydrogen) atoms. The molecule has 0 aromatic carbocycles. The summed E-state index contributed by atoms with van der Waals surface area (Å²) in [5, 5.41) is 11.1. The first-order valence-electron chi connectivity index (χ1n) is 8.68. The second-order valence-electron chi connectivity index (χ2n) is 6.09. The Morgan fingerprint density at radius 3 is 2.65 bits per heavy atom. The minimum absolute atomic E-state index is 0. The fraction of sp³-hybridized carbons (Fsp3) is 0.765. The van der Waals surface area contributed by atoms with E-state index in [0.29, 0.717) is 12.0 Å². The van der Waals surface area contributed by atoms with E-state index in [2.05, 4.69) is 43.4 Å². The third kappa shape index (κ3) is 10.6. The molecule has 2 unspecified atom stereocenters. The van der Waals surface area contributed by atoms with Gasteiger partial charge in [0, 0.05) is 38.1 Å². The van der Waals surface area contributed by atoms with Crippen LogP contribution in [0.4, 0.5) is 0 Å². The Morgan fingerprint density at radius 2 is 2.04 bits per heavy atom. The van der Waals surface area contributed by atoms with Crippen molar-refractivity contribution in [1.82, 2.24) is 20.4 Å². The Morgan fingerprint density at radius 1 is 1.26 bits per heavy atom. The molecule has 5 nitrogen and oxygen atoms in total. The van der Waals surface area contributed by atoms with E-state index >= 15 is 0 Å². The van der Waals surface area contributed by atoms with Gasteiger partial charge in [-0.25, -0.2) is 0 Å². The molecule has 0 aliphatic heterocycles. The Kier molecular flexibility index (Phi) is 13.2. The van der Waals surface area contributed by atoms with Gasteiger partial charge in [0.2, 0.25) is 0 Å². The first-order valence-corrected chi connectivity index (χ1v) is 8.68. The zero-order valence-corrected chi connectivity index (χ0v) is 17.4. The van der Waals surface area contributed by atoms with Gasteiger partial charge >= 0.3 is 0 Å². The van der Waals surface area contributed by atoms with Crippen LogP contribution in [0.25, 0.3) is 0 Å². The third-order valence-corrected chi connectivity index (χ3v) is 3.59. The Balaban J connectivity index is 0.00000484. The minimum atomic E-state index is 0. The summed E-state index contributed by atoms with van der Waals surface area (Å²) in [6.07, 6.45) is 8.87. The summed E-state index contributed by atoms with van der Waals surface area (Å²) in [6, 6.07) is 2.42. The monoisotopic (exact) mass is 435 g/mol. The Labute approximate surface area is 158 Å². The van der Waals surface area contributed by atoms with Crippen molar-refractivity contribution < 1.29 is 0 Å². The maximum atomic E-state index is 4.72. The quantitative estimate of drug-likeness (QED) is 0.255. The van der Waals surface area contributed by atoms with Gasteiger partial charge < -0.3 is 10.6 Å². The predicted octanol–water partition coefficient (Wildman–Crippen LogP) is 3.66. The second-order valence-corrected chi connectivity index (χ2v) is 6.09. The Bertz CT molecular complexity index is 405. The minimum Gasteiger partial charge on any atom is -0.357 e. The molecule has 1 heterocycles. The summed E-state index contributed by atoms with van der Waals surface area (Å²) in [5.74, 6) is 1.39. The van der Waals surface area contributed by atoms with Gasteiger partial charge in [0.15, 0.2) is 5.96 Å². The molecule has 1 rings (SSSR count). The summed E-state index contributed by atoms with van der Waals surface area (Å²) in [5.41, 5.74) is 0. The van der Waals surface area contributed by atoms with Crippen LogP contribution < -0.4 is 10.6 Å². The maximum Gasteiger partial charge on any atom is 0.191 e.